The van der Waals surface area contributed by atoms with Gasteiger partial charge in [-0.25, -0.2) is 0 Å². The zero-order valence-electron chi connectivity index (χ0n) is 10.3. The first-order valence-electron chi connectivity index (χ1n) is 5.98. The third-order valence-electron chi connectivity index (χ3n) is 3.18. The Balaban J connectivity index is 2.01. The summed E-state index contributed by atoms with van der Waals surface area (Å²) in [5, 5.41) is 8.63. The maximum atomic E-state index is 11.5. The topological polar surface area (TPSA) is 55.3 Å². The number of halogens is 1. The fraction of sp³-hybridized carbons (Fsp3) is 0.727. The number of carbonyl (C=O) groups excluding carboxylic acids is 1. The van der Waals surface area contributed by atoms with Crippen LogP contribution in [0.3, 0.4) is 0 Å². The lowest BCUT2D eigenvalue weighted by atomic mass is 10.2. The first-order chi connectivity index (χ1) is 8.69. The van der Waals surface area contributed by atoms with Crippen molar-refractivity contribution in [2.45, 2.75) is 38.3 Å². The van der Waals surface area contributed by atoms with Crippen LogP contribution in [-0.4, -0.2) is 40.8 Å². The number of hydrogen-bond acceptors (Lipinski definition) is 6. The standard InChI is InChI=1S/C11H16ClN3O2S/c1-17-10(16)7-15(8-4-2-3-5-8)6-9-13-14-11(12)18-9/h8H,2-7H2,1H3. The van der Waals surface area contributed by atoms with Crippen LogP contribution in [0.1, 0.15) is 30.7 Å². The lowest BCUT2D eigenvalue weighted by Gasteiger charge is -2.26. The molecule has 100 valence electrons. The highest BCUT2D eigenvalue weighted by Gasteiger charge is 2.25. The molecule has 0 bridgehead atoms. The molecule has 1 saturated carbocycles. The highest BCUT2D eigenvalue weighted by atomic mass is 35.5. The molecule has 1 aliphatic rings. The predicted molar refractivity (Wildman–Crippen MR) is 69.6 cm³/mol. The maximum Gasteiger partial charge on any atom is 0.319 e. The maximum absolute atomic E-state index is 11.5. The van der Waals surface area contributed by atoms with E-state index in [1.807, 2.05) is 0 Å². The van der Waals surface area contributed by atoms with Crippen LogP contribution in [0.2, 0.25) is 4.47 Å². The molecule has 5 nitrogen and oxygen atoms in total. The average Bonchev–Trinajstić information content (AvgIpc) is 2.99. The summed E-state index contributed by atoms with van der Waals surface area (Å²) >= 11 is 7.13. The van der Waals surface area contributed by atoms with Gasteiger partial charge in [-0.3, -0.25) is 9.69 Å². The van der Waals surface area contributed by atoms with Gasteiger partial charge in [-0.2, -0.15) is 0 Å². The molecule has 1 aromatic heterocycles. The molecule has 0 saturated heterocycles. The van der Waals surface area contributed by atoms with E-state index in [1.165, 1.54) is 31.3 Å². The summed E-state index contributed by atoms with van der Waals surface area (Å²) in [7, 11) is 1.41. The molecule has 2 rings (SSSR count). The quantitative estimate of drug-likeness (QED) is 0.777. The molecule has 1 aliphatic carbocycles. The van der Waals surface area contributed by atoms with Crippen LogP contribution in [0.15, 0.2) is 0 Å². The van der Waals surface area contributed by atoms with Crippen LogP contribution in [0.5, 0.6) is 0 Å². The summed E-state index contributed by atoms with van der Waals surface area (Å²) < 4.78 is 5.18. The predicted octanol–water partition coefficient (Wildman–Crippen LogP) is 2.11. The Kier molecular flexibility index (Phi) is 4.91. The Hall–Kier alpha value is -0.720. The van der Waals surface area contributed by atoms with Crippen LogP contribution in [-0.2, 0) is 16.1 Å². The van der Waals surface area contributed by atoms with Gasteiger partial charge >= 0.3 is 5.97 Å². The van der Waals surface area contributed by atoms with Gasteiger partial charge in [-0.15, -0.1) is 10.2 Å². The molecule has 1 heterocycles. The van der Waals surface area contributed by atoms with Crippen LogP contribution >= 0.6 is 22.9 Å². The largest absolute Gasteiger partial charge is 0.468 e. The van der Waals surface area contributed by atoms with Crippen molar-refractivity contribution in [1.29, 1.82) is 0 Å². The van der Waals surface area contributed by atoms with E-state index in [9.17, 15) is 4.79 Å². The van der Waals surface area contributed by atoms with Gasteiger partial charge in [0.2, 0.25) is 4.47 Å². The molecular weight excluding hydrogens is 274 g/mol. The van der Waals surface area contributed by atoms with Crippen molar-refractivity contribution in [1.82, 2.24) is 15.1 Å². The summed E-state index contributed by atoms with van der Waals surface area (Å²) in [5.74, 6) is -0.211. The summed E-state index contributed by atoms with van der Waals surface area (Å²) in [6.07, 6.45) is 4.70. The summed E-state index contributed by atoms with van der Waals surface area (Å²) in [6, 6.07) is 0.437. The Labute approximate surface area is 115 Å². The van der Waals surface area contributed by atoms with Gasteiger partial charge in [0.25, 0.3) is 0 Å². The van der Waals surface area contributed by atoms with Crippen molar-refractivity contribution in [3.8, 4) is 0 Å². The van der Waals surface area contributed by atoms with Gasteiger partial charge in [0.05, 0.1) is 20.2 Å². The highest BCUT2D eigenvalue weighted by molar-refractivity contribution is 7.15. The molecule has 0 aromatic carbocycles. The van der Waals surface area contributed by atoms with Gasteiger partial charge in [0, 0.05) is 6.04 Å². The molecule has 0 radical (unpaired) electrons. The Morgan fingerprint density at radius 3 is 2.78 bits per heavy atom. The lowest BCUT2D eigenvalue weighted by Crippen LogP contribution is -2.37. The summed E-state index contributed by atoms with van der Waals surface area (Å²) in [4.78, 5) is 13.6. The number of hydrogen-bond donors (Lipinski definition) is 0. The van der Waals surface area contributed by atoms with Gasteiger partial charge in [0.1, 0.15) is 5.01 Å². The Morgan fingerprint density at radius 2 is 2.22 bits per heavy atom. The molecule has 0 N–H and O–H groups in total. The molecule has 0 atom stereocenters. The molecular formula is C11H16ClN3O2S. The zero-order chi connectivity index (χ0) is 13.0. The number of nitrogens with zero attached hydrogens (tertiary/aromatic N) is 3. The van der Waals surface area contributed by atoms with Crippen molar-refractivity contribution < 1.29 is 9.53 Å². The van der Waals surface area contributed by atoms with E-state index in [0.717, 1.165) is 17.8 Å². The van der Waals surface area contributed by atoms with Crippen molar-refractivity contribution >= 4 is 28.9 Å². The molecule has 0 amide bonds. The Bertz CT molecular complexity index is 407. The molecule has 0 unspecified atom stereocenters. The second-order valence-electron chi connectivity index (χ2n) is 4.37. The first kappa shape index (κ1) is 13.7. The van der Waals surface area contributed by atoms with Crippen molar-refractivity contribution in [3.05, 3.63) is 9.47 Å². The average molecular weight is 290 g/mol. The molecule has 7 heteroatoms. The van der Waals surface area contributed by atoms with Crippen molar-refractivity contribution in [3.63, 3.8) is 0 Å². The third kappa shape index (κ3) is 3.63. The van der Waals surface area contributed by atoms with E-state index in [4.69, 9.17) is 16.3 Å². The third-order valence-corrected chi connectivity index (χ3v) is 4.19. The van der Waals surface area contributed by atoms with Gasteiger partial charge in [-0.05, 0) is 24.4 Å². The van der Waals surface area contributed by atoms with Crippen LogP contribution in [0, 0.1) is 0 Å². The van der Waals surface area contributed by atoms with Crippen LogP contribution < -0.4 is 0 Å². The lowest BCUT2D eigenvalue weighted by molar-refractivity contribution is -0.142. The number of rotatable bonds is 5. The van der Waals surface area contributed by atoms with E-state index in [2.05, 4.69) is 15.1 Å². The second kappa shape index (κ2) is 6.45. The fourth-order valence-electron chi connectivity index (χ4n) is 2.28. The summed E-state index contributed by atoms with van der Waals surface area (Å²) in [5.41, 5.74) is 0. The summed E-state index contributed by atoms with van der Waals surface area (Å²) in [6.45, 7) is 0.919. The smallest absolute Gasteiger partial charge is 0.319 e. The molecule has 1 aromatic rings. The number of ether oxygens (including phenoxy) is 1. The van der Waals surface area contributed by atoms with Crippen LogP contribution in [0.4, 0.5) is 0 Å². The number of methoxy groups -OCH3 is 1. The normalized spacial score (nSPS) is 16.4. The van der Waals surface area contributed by atoms with E-state index < -0.39 is 0 Å². The van der Waals surface area contributed by atoms with Gasteiger partial charge < -0.3 is 4.74 Å². The van der Waals surface area contributed by atoms with E-state index in [1.54, 1.807) is 0 Å². The van der Waals surface area contributed by atoms with Crippen LogP contribution in [0.25, 0.3) is 0 Å². The van der Waals surface area contributed by atoms with E-state index in [-0.39, 0.29) is 5.97 Å². The number of esters is 1. The first-order valence-corrected chi connectivity index (χ1v) is 7.17. The molecule has 0 aliphatic heterocycles. The Morgan fingerprint density at radius 1 is 1.50 bits per heavy atom. The minimum atomic E-state index is -0.211. The monoisotopic (exact) mass is 289 g/mol. The second-order valence-corrected chi connectivity index (χ2v) is 6.01. The molecule has 0 spiro atoms. The van der Waals surface area contributed by atoms with Crippen molar-refractivity contribution in [2.75, 3.05) is 13.7 Å². The van der Waals surface area contributed by atoms with Gasteiger partial charge in [-0.1, -0.05) is 24.2 Å². The number of carbonyl (C=O) groups is 1. The minimum absolute atomic E-state index is 0.211. The van der Waals surface area contributed by atoms with Crippen molar-refractivity contribution in [2.24, 2.45) is 0 Å². The SMILES string of the molecule is COC(=O)CN(Cc1nnc(Cl)s1)C1CCCC1. The van der Waals surface area contributed by atoms with E-state index in [0.29, 0.717) is 23.6 Å². The minimum Gasteiger partial charge on any atom is -0.468 e. The number of aromatic nitrogens is 2. The molecule has 18 heavy (non-hydrogen) atoms. The zero-order valence-corrected chi connectivity index (χ0v) is 11.8. The fourth-order valence-corrected chi connectivity index (χ4v) is 3.18. The van der Waals surface area contributed by atoms with E-state index >= 15 is 0 Å². The highest BCUT2D eigenvalue weighted by Crippen LogP contribution is 2.26. The van der Waals surface area contributed by atoms with Gasteiger partial charge in [0.15, 0.2) is 0 Å². The molecule has 1 fully saturated rings.